The van der Waals surface area contributed by atoms with E-state index in [0.29, 0.717) is 12.8 Å². The van der Waals surface area contributed by atoms with Gasteiger partial charge in [0.2, 0.25) is 0 Å². The molecule has 0 saturated heterocycles. The number of rotatable bonds is 44. The molecule has 0 amide bonds. The van der Waals surface area contributed by atoms with Crippen LogP contribution in [0.4, 0.5) is 0 Å². The molecule has 0 aliphatic carbocycles. The first-order chi connectivity index (χ1) is 27.4. The summed E-state index contributed by atoms with van der Waals surface area (Å²) in [5.74, 6) is -1.01. The minimum absolute atomic E-state index is 0.140. The van der Waals surface area contributed by atoms with Gasteiger partial charge in [0.15, 0.2) is 6.10 Å². The van der Waals surface area contributed by atoms with Crippen LogP contribution in [-0.4, -0.2) is 70.4 Å². The van der Waals surface area contributed by atoms with Crippen LogP contribution in [0.2, 0.25) is 0 Å². The number of esters is 2. The van der Waals surface area contributed by atoms with E-state index < -0.39 is 59.6 Å². The highest BCUT2D eigenvalue weighted by atomic mass is 31.2. The lowest BCUT2D eigenvalue weighted by Gasteiger charge is -2.20. The van der Waals surface area contributed by atoms with Crippen molar-refractivity contribution in [2.24, 2.45) is 0 Å². The number of ether oxygens (including phenoxy) is 2. The first-order valence-corrected chi connectivity index (χ1v) is 25.8. The lowest BCUT2D eigenvalue weighted by atomic mass is 10.0. The predicted molar refractivity (Wildman–Crippen MR) is 226 cm³/mol. The summed E-state index contributed by atoms with van der Waals surface area (Å²) < 4.78 is 47.8. The molecule has 0 fully saturated rings. The molecule has 0 spiro atoms. The Kier molecular flexibility index (Phi) is 38.7. The van der Waals surface area contributed by atoms with Crippen molar-refractivity contribution in [1.29, 1.82) is 0 Å². The summed E-state index contributed by atoms with van der Waals surface area (Å²) in [6.45, 7) is 1.81. The third kappa shape index (κ3) is 43.0. The topological polar surface area (TPSA) is 195 Å². The summed E-state index contributed by atoms with van der Waals surface area (Å²) in [6.07, 6.45) is 33.7. The molecular formula is C42H84O13P2. The van der Waals surface area contributed by atoms with Crippen molar-refractivity contribution in [3.05, 3.63) is 0 Å². The van der Waals surface area contributed by atoms with E-state index in [4.69, 9.17) is 28.3 Å². The highest BCUT2D eigenvalue weighted by Gasteiger charge is 2.28. The molecule has 0 aromatic rings. The number of hydrogen-bond acceptors (Lipinski definition) is 10. The molecule has 0 aliphatic rings. The van der Waals surface area contributed by atoms with E-state index in [-0.39, 0.29) is 19.4 Å². The van der Waals surface area contributed by atoms with Crippen LogP contribution >= 0.6 is 15.6 Å². The fourth-order valence-electron chi connectivity index (χ4n) is 6.53. The maximum Gasteiger partial charge on any atom is 0.472 e. The Morgan fingerprint density at radius 3 is 1.12 bits per heavy atom. The molecular weight excluding hydrogens is 774 g/mol. The van der Waals surface area contributed by atoms with E-state index >= 15 is 0 Å². The molecule has 0 bridgehead atoms. The third-order valence-electron chi connectivity index (χ3n) is 9.99. The van der Waals surface area contributed by atoms with Gasteiger partial charge in [-0.2, -0.15) is 0 Å². The largest absolute Gasteiger partial charge is 0.472 e. The standard InChI is InChI=1S/C42H84O13P2/c1-3-5-7-9-11-13-15-17-19-21-23-25-27-29-31-33-41(44)51-37-40(38-54-57(49,50)53-36-39(43)35-52-56(46,47)48)55-42(45)34-32-30-28-26-24-22-20-18-16-14-12-10-8-6-4-2/h39-40,43H,3-38H2,1-2H3,(H,49,50)(H2,46,47,48). The Labute approximate surface area is 346 Å². The van der Waals surface area contributed by atoms with Crippen LogP contribution in [0.15, 0.2) is 0 Å². The summed E-state index contributed by atoms with van der Waals surface area (Å²) in [5, 5.41) is 9.75. The molecule has 0 aliphatic heterocycles. The molecule has 0 aromatic carbocycles. The number of aliphatic hydroxyl groups is 1. The summed E-state index contributed by atoms with van der Waals surface area (Å²) in [4.78, 5) is 52.7. The molecule has 0 heterocycles. The van der Waals surface area contributed by atoms with E-state index in [1.807, 2.05) is 0 Å². The van der Waals surface area contributed by atoms with Gasteiger partial charge in [-0.3, -0.25) is 23.2 Å². The molecule has 3 unspecified atom stereocenters. The van der Waals surface area contributed by atoms with Gasteiger partial charge in [-0.15, -0.1) is 0 Å². The monoisotopic (exact) mass is 859 g/mol. The summed E-state index contributed by atoms with van der Waals surface area (Å²) in [6, 6.07) is 0. The van der Waals surface area contributed by atoms with E-state index in [1.165, 1.54) is 141 Å². The number of aliphatic hydroxyl groups excluding tert-OH is 1. The molecule has 340 valence electrons. The minimum atomic E-state index is -4.86. The van der Waals surface area contributed by atoms with Crippen LogP contribution in [0.1, 0.15) is 219 Å². The van der Waals surface area contributed by atoms with Gasteiger partial charge in [-0.25, -0.2) is 9.13 Å². The normalized spacial score (nSPS) is 14.0. The van der Waals surface area contributed by atoms with Crippen LogP contribution in [0.3, 0.4) is 0 Å². The molecule has 3 atom stereocenters. The van der Waals surface area contributed by atoms with Gasteiger partial charge in [0.05, 0.1) is 19.8 Å². The van der Waals surface area contributed by atoms with Crippen molar-refractivity contribution in [1.82, 2.24) is 0 Å². The van der Waals surface area contributed by atoms with Crippen LogP contribution in [0, 0.1) is 0 Å². The van der Waals surface area contributed by atoms with Crippen molar-refractivity contribution in [2.75, 3.05) is 26.4 Å². The zero-order valence-electron chi connectivity index (χ0n) is 36.0. The SMILES string of the molecule is CCCCCCCCCCCCCCCCCC(=O)OCC(COP(=O)(O)OCC(O)COP(=O)(O)O)OC(=O)CCCCCCCCCCCCCCCCC. The molecule has 0 saturated carbocycles. The highest BCUT2D eigenvalue weighted by Crippen LogP contribution is 2.43. The average molecular weight is 859 g/mol. The zero-order chi connectivity index (χ0) is 42.3. The number of carbonyl (C=O) groups is 2. The van der Waals surface area contributed by atoms with Crippen molar-refractivity contribution >= 4 is 27.6 Å². The quantitative estimate of drug-likeness (QED) is 0.0257. The Hall–Kier alpha value is -0.880. The second kappa shape index (κ2) is 39.3. The molecule has 0 radical (unpaired) electrons. The first kappa shape index (κ1) is 56.1. The number of unbranched alkanes of at least 4 members (excludes halogenated alkanes) is 28. The minimum Gasteiger partial charge on any atom is -0.462 e. The number of phosphoric acid groups is 2. The maximum absolute atomic E-state index is 12.7. The second-order valence-corrected chi connectivity index (χ2v) is 18.4. The van der Waals surface area contributed by atoms with E-state index in [0.717, 1.165) is 38.5 Å². The number of carbonyl (C=O) groups excluding carboxylic acids is 2. The average Bonchev–Trinajstić information content (AvgIpc) is 3.17. The number of hydrogen-bond donors (Lipinski definition) is 4. The molecule has 4 N–H and O–H groups in total. The van der Waals surface area contributed by atoms with Gasteiger partial charge in [0.1, 0.15) is 12.7 Å². The van der Waals surface area contributed by atoms with Crippen LogP contribution in [-0.2, 0) is 41.8 Å². The van der Waals surface area contributed by atoms with Crippen LogP contribution in [0.25, 0.3) is 0 Å². The zero-order valence-corrected chi connectivity index (χ0v) is 37.8. The van der Waals surface area contributed by atoms with Gasteiger partial charge in [-0.05, 0) is 12.8 Å². The van der Waals surface area contributed by atoms with Crippen LogP contribution < -0.4 is 0 Å². The van der Waals surface area contributed by atoms with Gasteiger partial charge < -0.3 is 29.3 Å². The molecule has 13 nitrogen and oxygen atoms in total. The van der Waals surface area contributed by atoms with E-state index in [2.05, 4.69) is 18.4 Å². The van der Waals surface area contributed by atoms with Crippen molar-refractivity contribution in [2.45, 2.75) is 232 Å². The van der Waals surface area contributed by atoms with E-state index in [1.54, 1.807) is 0 Å². The Morgan fingerprint density at radius 2 is 0.754 bits per heavy atom. The lowest BCUT2D eigenvalue weighted by Crippen LogP contribution is -2.30. The van der Waals surface area contributed by atoms with Crippen molar-refractivity contribution < 1.29 is 61.6 Å². The van der Waals surface area contributed by atoms with Crippen LogP contribution in [0.5, 0.6) is 0 Å². The highest BCUT2D eigenvalue weighted by molar-refractivity contribution is 7.47. The Morgan fingerprint density at radius 1 is 0.439 bits per heavy atom. The fourth-order valence-corrected chi connectivity index (χ4v) is 7.68. The Bertz CT molecular complexity index is 1030. The van der Waals surface area contributed by atoms with Crippen molar-refractivity contribution in [3.63, 3.8) is 0 Å². The van der Waals surface area contributed by atoms with Gasteiger partial charge in [0, 0.05) is 12.8 Å². The van der Waals surface area contributed by atoms with E-state index in [9.17, 15) is 28.7 Å². The summed E-state index contributed by atoms with van der Waals surface area (Å²) in [5.41, 5.74) is 0. The van der Waals surface area contributed by atoms with Gasteiger partial charge >= 0.3 is 27.6 Å². The third-order valence-corrected chi connectivity index (χ3v) is 11.4. The fraction of sp³-hybridized carbons (Fsp3) is 0.952. The summed E-state index contributed by atoms with van der Waals surface area (Å²) in [7, 11) is -9.65. The lowest BCUT2D eigenvalue weighted by molar-refractivity contribution is -0.161. The smallest absolute Gasteiger partial charge is 0.462 e. The molecule has 15 heteroatoms. The second-order valence-electron chi connectivity index (χ2n) is 15.7. The first-order valence-electron chi connectivity index (χ1n) is 22.7. The maximum atomic E-state index is 12.7. The molecule has 57 heavy (non-hydrogen) atoms. The number of phosphoric ester groups is 2. The van der Waals surface area contributed by atoms with Crippen molar-refractivity contribution in [3.8, 4) is 0 Å². The van der Waals surface area contributed by atoms with Gasteiger partial charge in [-0.1, -0.05) is 194 Å². The summed E-state index contributed by atoms with van der Waals surface area (Å²) >= 11 is 0. The van der Waals surface area contributed by atoms with Gasteiger partial charge in [0.25, 0.3) is 0 Å². The molecule has 0 aromatic heterocycles. The molecule has 0 rings (SSSR count). The Balaban J connectivity index is 4.45. The predicted octanol–water partition coefficient (Wildman–Crippen LogP) is 11.6.